The number of methoxy groups -OCH3 is 1. The van der Waals surface area contributed by atoms with Gasteiger partial charge in [-0.3, -0.25) is 4.79 Å². The van der Waals surface area contributed by atoms with Crippen LogP contribution in [0.25, 0.3) is 5.57 Å². The highest BCUT2D eigenvalue weighted by Crippen LogP contribution is 2.38. The Labute approximate surface area is 222 Å². The molecule has 0 fully saturated rings. The van der Waals surface area contributed by atoms with Crippen LogP contribution in [-0.2, 0) is 33.9 Å². The summed E-state index contributed by atoms with van der Waals surface area (Å²) in [6.07, 6.45) is 3.10. The van der Waals surface area contributed by atoms with E-state index in [1.165, 1.54) is 5.56 Å². The van der Waals surface area contributed by atoms with Gasteiger partial charge < -0.3 is 9.84 Å². The number of sulfone groups is 1. The molecule has 0 aromatic heterocycles. The molecule has 0 heterocycles. The minimum atomic E-state index is -3.40. The smallest absolute Gasteiger partial charge is 0.178 e. The number of hydrogen-bond acceptors (Lipinski definition) is 5. The molecule has 2 atom stereocenters. The molecule has 7 heteroatoms. The fourth-order valence-electron chi connectivity index (χ4n) is 5.61. The first-order valence-electron chi connectivity index (χ1n) is 12.4. The molecule has 2 unspecified atom stereocenters. The Balaban J connectivity index is 1.32. The van der Waals surface area contributed by atoms with Gasteiger partial charge in [-0.05, 0) is 90.3 Å². The van der Waals surface area contributed by atoms with E-state index in [4.69, 9.17) is 16.3 Å². The van der Waals surface area contributed by atoms with Gasteiger partial charge in [-0.1, -0.05) is 41.9 Å². The van der Waals surface area contributed by atoms with Gasteiger partial charge in [0.1, 0.15) is 11.5 Å². The monoisotopic (exact) mass is 536 g/mol. The largest absolute Gasteiger partial charge is 0.511 e. The normalized spacial score (nSPS) is 19.7. The van der Waals surface area contributed by atoms with Crippen LogP contribution in [0.4, 0.5) is 0 Å². The van der Waals surface area contributed by atoms with Gasteiger partial charge in [-0.25, -0.2) is 8.42 Å². The maximum atomic E-state index is 13.0. The molecule has 0 saturated carbocycles. The average Bonchev–Trinajstić information content (AvgIpc) is 3.16. The summed E-state index contributed by atoms with van der Waals surface area (Å²) < 4.78 is 31.1. The molecule has 0 radical (unpaired) electrons. The lowest BCUT2D eigenvalue weighted by atomic mass is 9.80. The molecule has 2 aliphatic carbocycles. The summed E-state index contributed by atoms with van der Waals surface area (Å²) in [7, 11) is -1.81. The highest BCUT2D eigenvalue weighted by molar-refractivity contribution is 7.91. The van der Waals surface area contributed by atoms with Crippen molar-refractivity contribution in [2.45, 2.75) is 37.0 Å². The molecule has 5 rings (SSSR count). The van der Waals surface area contributed by atoms with E-state index in [-0.39, 0.29) is 35.6 Å². The topological polar surface area (TPSA) is 80.7 Å². The van der Waals surface area contributed by atoms with Crippen molar-refractivity contribution in [3.63, 3.8) is 0 Å². The second kappa shape index (κ2) is 10.3. The Bertz CT molecular complexity index is 1460. The minimum Gasteiger partial charge on any atom is -0.511 e. The van der Waals surface area contributed by atoms with Crippen LogP contribution in [0.15, 0.2) is 77.4 Å². The summed E-state index contributed by atoms with van der Waals surface area (Å²) in [5.41, 5.74) is 4.59. The van der Waals surface area contributed by atoms with Crippen molar-refractivity contribution < 1.29 is 23.1 Å². The Morgan fingerprint density at radius 2 is 1.73 bits per heavy atom. The first-order chi connectivity index (χ1) is 17.7. The summed E-state index contributed by atoms with van der Waals surface area (Å²) in [6, 6.07) is 19.6. The second-order valence-corrected chi connectivity index (χ2v) is 12.4. The van der Waals surface area contributed by atoms with E-state index in [0.29, 0.717) is 39.6 Å². The Morgan fingerprint density at radius 3 is 2.43 bits per heavy atom. The van der Waals surface area contributed by atoms with Crippen LogP contribution in [0.5, 0.6) is 5.75 Å². The van der Waals surface area contributed by atoms with Gasteiger partial charge in [-0.15, -0.1) is 0 Å². The lowest BCUT2D eigenvalue weighted by molar-refractivity contribution is -0.113. The molecule has 0 bridgehead atoms. The van der Waals surface area contributed by atoms with Gasteiger partial charge in [0.05, 0.1) is 23.3 Å². The maximum Gasteiger partial charge on any atom is 0.178 e. The number of rotatable bonds is 7. The third-order valence-electron chi connectivity index (χ3n) is 7.51. The molecule has 2 aliphatic rings. The molecule has 1 N–H and O–H groups in total. The predicted molar refractivity (Wildman–Crippen MR) is 145 cm³/mol. The number of ketones is 1. The number of carbonyl (C=O) groups excluding carboxylic acids is 1. The molecule has 0 aliphatic heterocycles. The van der Waals surface area contributed by atoms with E-state index in [1.807, 2.05) is 6.07 Å². The van der Waals surface area contributed by atoms with E-state index in [1.54, 1.807) is 55.6 Å². The molecule has 37 heavy (non-hydrogen) atoms. The van der Waals surface area contributed by atoms with E-state index < -0.39 is 9.84 Å². The van der Waals surface area contributed by atoms with Crippen molar-refractivity contribution in [3.8, 4) is 5.75 Å². The minimum absolute atomic E-state index is 0.0338. The summed E-state index contributed by atoms with van der Waals surface area (Å²) in [4.78, 5) is 13.1. The SMILES string of the molecule is COc1ccc(C2=C(O)C(Cc3cccc4c3CCC(CS(=O)(=O)c3ccc(Cl)cc3)C4)CC2=O)cc1. The first kappa shape index (κ1) is 25.6. The number of carbonyl (C=O) groups is 1. The van der Waals surface area contributed by atoms with Crippen molar-refractivity contribution in [2.24, 2.45) is 11.8 Å². The average molecular weight is 537 g/mol. The van der Waals surface area contributed by atoms with E-state index in [2.05, 4.69) is 12.1 Å². The second-order valence-electron chi connectivity index (χ2n) is 9.92. The molecule has 3 aromatic carbocycles. The molecular formula is C30H29ClO5S. The number of aliphatic hydroxyl groups excluding tert-OH is 1. The highest BCUT2D eigenvalue weighted by Gasteiger charge is 2.34. The maximum absolute atomic E-state index is 13.0. The Morgan fingerprint density at radius 1 is 1.00 bits per heavy atom. The van der Waals surface area contributed by atoms with Crippen LogP contribution in [-0.4, -0.2) is 32.2 Å². The van der Waals surface area contributed by atoms with Gasteiger partial charge in [-0.2, -0.15) is 0 Å². The van der Waals surface area contributed by atoms with Crippen LogP contribution in [0.3, 0.4) is 0 Å². The molecule has 5 nitrogen and oxygen atoms in total. The van der Waals surface area contributed by atoms with Crippen molar-refractivity contribution in [1.82, 2.24) is 0 Å². The predicted octanol–water partition coefficient (Wildman–Crippen LogP) is 6.03. The van der Waals surface area contributed by atoms with Gasteiger partial charge in [0.15, 0.2) is 15.6 Å². The summed E-state index contributed by atoms with van der Waals surface area (Å²) >= 11 is 5.92. The van der Waals surface area contributed by atoms with Crippen LogP contribution in [0, 0.1) is 11.8 Å². The number of halogens is 1. The van der Waals surface area contributed by atoms with Crippen LogP contribution >= 0.6 is 11.6 Å². The van der Waals surface area contributed by atoms with Crippen molar-refractivity contribution in [3.05, 3.63) is 99.8 Å². The number of Topliss-reactive ketones (excluding diaryl/α,β-unsaturated/α-hetero) is 1. The molecule has 0 saturated heterocycles. The lowest BCUT2D eigenvalue weighted by Crippen LogP contribution is -2.24. The van der Waals surface area contributed by atoms with E-state index >= 15 is 0 Å². The molecule has 3 aromatic rings. The van der Waals surface area contributed by atoms with Crippen LogP contribution in [0.2, 0.25) is 5.02 Å². The van der Waals surface area contributed by atoms with Crippen LogP contribution < -0.4 is 4.74 Å². The molecule has 0 amide bonds. The first-order valence-corrected chi connectivity index (χ1v) is 14.5. The third-order valence-corrected chi connectivity index (χ3v) is 9.66. The fraction of sp³-hybridized carbons (Fsp3) is 0.300. The molecule has 192 valence electrons. The number of allylic oxidation sites excluding steroid dienone is 2. The van der Waals surface area contributed by atoms with Crippen molar-refractivity contribution >= 4 is 32.8 Å². The van der Waals surface area contributed by atoms with Gasteiger partial charge >= 0.3 is 0 Å². The fourth-order valence-corrected chi connectivity index (χ4v) is 7.39. The van der Waals surface area contributed by atoms with Gasteiger partial charge in [0.2, 0.25) is 0 Å². The van der Waals surface area contributed by atoms with Gasteiger partial charge in [0.25, 0.3) is 0 Å². The van der Waals surface area contributed by atoms with E-state index in [9.17, 15) is 18.3 Å². The Hall–Kier alpha value is -3.09. The zero-order valence-corrected chi connectivity index (χ0v) is 22.2. The number of fused-ring (bicyclic) bond motifs is 1. The Kier molecular flexibility index (Phi) is 7.15. The zero-order valence-electron chi connectivity index (χ0n) is 20.6. The summed E-state index contributed by atoms with van der Waals surface area (Å²) in [5.74, 6) is 0.663. The quantitative estimate of drug-likeness (QED) is 0.399. The number of aliphatic hydroxyl groups is 1. The standard InChI is InChI=1S/C30H29ClO5S/c1-36-25-10-6-20(7-11-25)29-28(32)17-23(30(29)33)16-22-4-2-3-21-15-19(5-14-27(21)22)18-37(34,35)26-12-8-24(31)9-13-26/h2-4,6-13,19,23,33H,5,14-18H2,1H3. The highest BCUT2D eigenvalue weighted by atomic mass is 35.5. The van der Waals surface area contributed by atoms with Gasteiger partial charge in [0, 0.05) is 17.4 Å². The number of benzene rings is 3. The summed E-state index contributed by atoms with van der Waals surface area (Å²) in [6.45, 7) is 0. The lowest BCUT2D eigenvalue weighted by Gasteiger charge is -2.27. The third kappa shape index (κ3) is 5.32. The molecule has 0 spiro atoms. The molecular weight excluding hydrogens is 508 g/mol. The summed E-state index contributed by atoms with van der Waals surface area (Å²) in [5, 5.41) is 11.5. The number of hydrogen-bond donors (Lipinski definition) is 1. The zero-order chi connectivity index (χ0) is 26.2. The number of ether oxygens (including phenoxy) is 1. The van der Waals surface area contributed by atoms with Crippen molar-refractivity contribution in [2.75, 3.05) is 12.9 Å². The van der Waals surface area contributed by atoms with E-state index in [0.717, 1.165) is 24.0 Å². The van der Waals surface area contributed by atoms with Crippen molar-refractivity contribution in [1.29, 1.82) is 0 Å². The van der Waals surface area contributed by atoms with Crippen LogP contribution in [0.1, 0.15) is 35.1 Å².